The maximum absolute atomic E-state index is 13.5. The Labute approximate surface area is 198 Å². The molecule has 0 atom stereocenters. The van der Waals surface area contributed by atoms with E-state index in [-0.39, 0.29) is 17.6 Å². The van der Waals surface area contributed by atoms with E-state index in [1.807, 2.05) is 6.92 Å². The van der Waals surface area contributed by atoms with Crippen molar-refractivity contribution in [3.63, 3.8) is 0 Å². The average molecular weight is 463 g/mol. The number of ether oxygens (including phenoxy) is 2. The second-order valence-electron chi connectivity index (χ2n) is 8.14. The molecular weight excluding hydrogens is 435 g/mol. The van der Waals surface area contributed by atoms with Gasteiger partial charge in [0.05, 0.1) is 12.0 Å². The number of halogens is 1. The predicted molar refractivity (Wildman–Crippen MR) is 129 cm³/mol. The second-order valence-corrected chi connectivity index (χ2v) is 8.14. The first-order valence-corrected chi connectivity index (χ1v) is 11.3. The number of hydrogen-bond donors (Lipinski definition) is 2. The van der Waals surface area contributed by atoms with Crippen LogP contribution in [0.25, 0.3) is 0 Å². The fraction of sp³-hybridized carbons (Fsp3) is 0.259. The molecule has 3 aromatic carbocycles. The molecule has 1 aliphatic heterocycles. The van der Waals surface area contributed by atoms with Gasteiger partial charge in [-0.1, -0.05) is 12.1 Å². The minimum atomic E-state index is -0.796. The molecule has 7 heteroatoms. The summed E-state index contributed by atoms with van der Waals surface area (Å²) in [5.41, 5.74) is 1.67. The van der Waals surface area contributed by atoms with Gasteiger partial charge in [-0.2, -0.15) is 0 Å². The summed E-state index contributed by atoms with van der Waals surface area (Å²) < 4.78 is 24.3. The molecule has 1 heterocycles. The molecule has 6 nitrogen and oxygen atoms in total. The Morgan fingerprint density at radius 3 is 2.09 bits per heavy atom. The number of rotatable bonds is 7. The molecule has 0 spiro atoms. The van der Waals surface area contributed by atoms with E-state index in [4.69, 9.17) is 9.47 Å². The van der Waals surface area contributed by atoms with Crippen molar-refractivity contribution in [3.05, 3.63) is 89.7 Å². The summed E-state index contributed by atoms with van der Waals surface area (Å²) >= 11 is 0. The third-order valence-electron chi connectivity index (χ3n) is 6.01. The van der Waals surface area contributed by atoms with Crippen molar-refractivity contribution >= 4 is 23.2 Å². The molecule has 0 saturated carbocycles. The van der Waals surface area contributed by atoms with Crippen LogP contribution in [0.5, 0.6) is 5.75 Å². The summed E-state index contributed by atoms with van der Waals surface area (Å²) in [6.45, 7) is 3.40. The Balaban J connectivity index is 1.44. The van der Waals surface area contributed by atoms with Crippen LogP contribution in [0.3, 0.4) is 0 Å². The minimum absolute atomic E-state index is 0.172. The highest BCUT2D eigenvalue weighted by Gasteiger charge is 2.41. The lowest BCUT2D eigenvalue weighted by molar-refractivity contribution is -0.125. The number of anilines is 2. The lowest BCUT2D eigenvalue weighted by atomic mass is 9.73. The maximum Gasteiger partial charge on any atom is 0.255 e. The van der Waals surface area contributed by atoms with Gasteiger partial charge in [0.15, 0.2) is 0 Å². The maximum atomic E-state index is 13.5. The quantitative estimate of drug-likeness (QED) is 0.508. The molecule has 0 radical (unpaired) electrons. The molecule has 1 aliphatic rings. The van der Waals surface area contributed by atoms with Gasteiger partial charge in [-0.15, -0.1) is 0 Å². The fourth-order valence-corrected chi connectivity index (χ4v) is 4.10. The molecule has 34 heavy (non-hydrogen) atoms. The van der Waals surface area contributed by atoms with Gasteiger partial charge in [-0.3, -0.25) is 9.59 Å². The lowest BCUT2D eigenvalue weighted by Crippen LogP contribution is -2.44. The van der Waals surface area contributed by atoms with Crippen molar-refractivity contribution in [2.75, 3.05) is 30.5 Å². The normalized spacial score (nSPS) is 14.8. The van der Waals surface area contributed by atoms with Crippen molar-refractivity contribution in [3.8, 4) is 5.75 Å². The molecule has 1 fully saturated rings. The van der Waals surface area contributed by atoms with E-state index in [0.29, 0.717) is 49.6 Å². The summed E-state index contributed by atoms with van der Waals surface area (Å²) in [4.78, 5) is 26.0. The number of amides is 2. The Kier molecular flexibility index (Phi) is 7.23. The van der Waals surface area contributed by atoms with E-state index in [1.54, 1.807) is 60.7 Å². The van der Waals surface area contributed by atoms with Gasteiger partial charge in [-0.25, -0.2) is 4.39 Å². The Morgan fingerprint density at radius 1 is 0.882 bits per heavy atom. The SMILES string of the molecule is CCOc1ccc(NC(=O)c2ccc(NC(=O)C3(c4ccc(F)cc4)CCOCC3)cc2)cc1. The smallest absolute Gasteiger partial charge is 0.255 e. The number of carbonyl (C=O) groups is 2. The summed E-state index contributed by atoms with van der Waals surface area (Å²) in [6.07, 6.45) is 1.01. The van der Waals surface area contributed by atoms with Crippen molar-refractivity contribution in [1.29, 1.82) is 0 Å². The van der Waals surface area contributed by atoms with Gasteiger partial charge < -0.3 is 20.1 Å². The molecule has 176 valence electrons. The molecule has 2 amide bonds. The van der Waals surface area contributed by atoms with Crippen LogP contribution in [-0.2, 0) is 14.9 Å². The van der Waals surface area contributed by atoms with E-state index < -0.39 is 5.41 Å². The van der Waals surface area contributed by atoms with Crippen LogP contribution in [0.2, 0.25) is 0 Å². The van der Waals surface area contributed by atoms with Crippen molar-refractivity contribution in [2.24, 2.45) is 0 Å². The molecule has 1 saturated heterocycles. The first kappa shape index (κ1) is 23.4. The molecule has 4 rings (SSSR count). The van der Waals surface area contributed by atoms with Gasteiger partial charge in [0.25, 0.3) is 5.91 Å². The zero-order valence-electron chi connectivity index (χ0n) is 19.0. The van der Waals surface area contributed by atoms with Gasteiger partial charge >= 0.3 is 0 Å². The first-order valence-electron chi connectivity index (χ1n) is 11.3. The van der Waals surface area contributed by atoms with E-state index in [2.05, 4.69) is 10.6 Å². The highest BCUT2D eigenvalue weighted by Crippen LogP contribution is 2.36. The van der Waals surface area contributed by atoms with Crippen molar-refractivity contribution in [2.45, 2.75) is 25.2 Å². The summed E-state index contributed by atoms with van der Waals surface area (Å²) in [5.74, 6) is -0.0303. The molecular formula is C27H27FN2O4. The highest BCUT2D eigenvalue weighted by atomic mass is 19.1. The van der Waals surface area contributed by atoms with Gasteiger partial charge in [0.1, 0.15) is 11.6 Å². The first-order chi connectivity index (χ1) is 16.5. The summed E-state index contributed by atoms with van der Waals surface area (Å²) in [7, 11) is 0. The van der Waals surface area contributed by atoms with Crippen LogP contribution in [0.15, 0.2) is 72.8 Å². The standard InChI is InChI=1S/C27H27FN2O4/c1-2-34-24-13-11-22(12-14-24)29-25(31)19-3-9-23(10-4-19)30-26(32)27(15-17-33-18-16-27)20-5-7-21(28)8-6-20/h3-14H,2,15-18H2,1H3,(H,29,31)(H,30,32). The molecule has 0 aliphatic carbocycles. The number of hydrogen-bond acceptors (Lipinski definition) is 4. The Morgan fingerprint density at radius 2 is 1.47 bits per heavy atom. The molecule has 2 N–H and O–H groups in total. The van der Waals surface area contributed by atoms with Crippen LogP contribution in [-0.4, -0.2) is 31.6 Å². The minimum Gasteiger partial charge on any atom is -0.494 e. The van der Waals surface area contributed by atoms with Crippen LogP contribution in [0.1, 0.15) is 35.7 Å². The largest absolute Gasteiger partial charge is 0.494 e. The third-order valence-corrected chi connectivity index (χ3v) is 6.01. The van der Waals surface area contributed by atoms with Crippen molar-refractivity contribution < 1.29 is 23.5 Å². The van der Waals surface area contributed by atoms with Crippen LogP contribution in [0.4, 0.5) is 15.8 Å². The van der Waals surface area contributed by atoms with E-state index >= 15 is 0 Å². The van der Waals surface area contributed by atoms with Gasteiger partial charge in [0.2, 0.25) is 5.91 Å². The average Bonchev–Trinajstić information content (AvgIpc) is 2.86. The lowest BCUT2D eigenvalue weighted by Gasteiger charge is -2.36. The highest BCUT2D eigenvalue weighted by molar-refractivity contribution is 6.05. The Bertz CT molecular complexity index is 1120. The zero-order chi connectivity index (χ0) is 24.0. The number of benzene rings is 3. The molecule has 0 bridgehead atoms. The van der Waals surface area contributed by atoms with E-state index in [1.165, 1.54) is 12.1 Å². The molecule has 3 aromatic rings. The topological polar surface area (TPSA) is 76.7 Å². The van der Waals surface area contributed by atoms with Gasteiger partial charge in [0, 0.05) is 30.2 Å². The monoisotopic (exact) mass is 462 g/mol. The van der Waals surface area contributed by atoms with Crippen LogP contribution in [0, 0.1) is 5.82 Å². The number of carbonyl (C=O) groups excluding carboxylic acids is 2. The Hall–Kier alpha value is -3.71. The van der Waals surface area contributed by atoms with Crippen LogP contribution >= 0.6 is 0 Å². The zero-order valence-corrected chi connectivity index (χ0v) is 19.0. The van der Waals surface area contributed by atoms with Crippen LogP contribution < -0.4 is 15.4 Å². The van der Waals surface area contributed by atoms with E-state index in [0.717, 1.165) is 11.3 Å². The van der Waals surface area contributed by atoms with Crippen molar-refractivity contribution in [1.82, 2.24) is 0 Å². The molecule has 0 aromatic heterocycles. The summed E-state index contributed by atoms with van der Waals surface area (Å²) in [6, 6.07) is 19.9. The van der Waals surface area contributed by atoms with Gasteiger partial charge in [-0.05, 0) is 86.0 Å². The fourth-order valence-electron chi connectivity index (χ4n) is 4.10. The summed E-state index contributed by atoms with van der Waals surface area (Å²) in [5, 5.41) is 5.81. The molecule has 0 unspecified atom stereocenters. The van der Waals surface area contributed by atoms with E-state index in [9.17, 15) is 14.0 Å². The second kappa shape index (κ2) is 10.5. The third kappa shape index (κ3) is 5.26. The predicted octanol–water partition coefficient (Wildman–Crippen LogP) is 5.16. The number of nitrogens with one attached hydrogen (secondary N) is 2.